The zero-order chi connectivity index (χ0) is 21.1. The third-order valence-corrected chi connectivity index (χ3v) is 6.52. The Morgan fingerprint density at radius 1 is 1.17 bits per heavy atom. The molecule has 0 saturated carbocycles. The molecular formula is C23H26N4O2S. The first-order valence-electron chi connectivity index (χ1n) is 10.2. The number of nitrogens with one attached hydrogen (secondary N) is 1. The van der Waals surface area contributed by atoms with E-state index in [1.54, 1.807) is 42.5 Å². The number of amides is 2. The Morgan fingerprint density at radius 3 is 2.67 bits per heavy atom. The third-order valence-electron chi connectivity index (χ3n) is 5.42. The van der Waals surface area contributed by atoms with E-state index in [-0.39, 0.29) is 17.7 Å². The predicted molar refractivity (Wildman–Crippen MR) is 121 cm³/mol. The van der Waals surface area contributed by atoms with Crippen LogP contribution in [0.4, 0.5) is 5.13 Å². The number of anilines is 1. The number of fused-ring (bicyclic) bond motifs is 1. The average molecular weight is 423 g/mol. The summed E-state index contributed by atoms with van der Waals surface area (Å²) in [6.07, 6.45) is 1.87. The van der Waals surface area contributed by atoms with E-state index in [1.165, 1.54) is 4.70 Å². The molecule has 1 fully saturated rings. The van der Waals surface area contributed by atoms with Crippen molar-refractivity contribution in [1.82, 2.24) is 15.2 Å². The van der Waals surface area contributed by atoms with Gasteiger partial charge in [-0.25, -0.2) is 4.98 Å². The van der Waals surface area contributed by atoms with Crippen molar-refractivity contribution in [2.24, 2.45) is 5.92 Å². The number of carbonyl (C=O) groups is 2. The van der Waals surface area contributed by atoms with Crippen LogP contribution in [-0.2, 0) is 11.3 Å². The van der Waals surface area contributed by atoms with Crippen LogP contribution in [0.25, 0.3) is 10.2 Å². The quantitative estimate of drug-likeness (QED) is 0.683. The second-order valence-electron chi connectivity index (χ2n) is 7.86. The first kappa shape index (κ1) is 20.3. The largest absolute Gasteiger partial charge is 0.352 e. The van der Waals surface area contributed by atoms with Crippen molar-refractivity contribution in [3.05, 3.63) is 59.7 Å². The van der Waals surface area contributed by atoms with Crippen molar-refractivity contribution in [2.75, 3.05) is 32.1 Å². The number of aromatic nitrogens is 1. The number of carbonyl (C=O) groups excluding carboxylic acids is 2. The fraction of sp³-hybridized carbons (Fsp3) is 0.348. The summed E-state index contributed by atoms with van der Waals surface area (Å²) < 4.78 is 1.18. The van der Waals surface area contributed by atoms with E-state index in [0.29, 0.717) is 18.7 Å². The van der Waals surface area contributed by atoms with Gasteiger partial charge < -0.3 is 15.1 Å². The van der Waals surface area contributed by atoms with Gasteiger partial charge in [-0.05, 0) is 42.7 Å². The van der Waals surface area contributed by atoms with Crippen molar-refractivity contribution in [2.45, 2.75) is 19.4 Å². The van der Waals surface area contributed by atoms with Gasteiger partial charge in [-0.1, -0.05) is 35.6 Å². The Labute approximate surface area is 180 Å². The molecule has 3 aromatic rings. The highest BCUT2D eigenvalue weighted by Crippen LogP contribution is 2.31. The molecule has 1 saturated heterocycles. The SMILES string of the molecule is CN(C)C(=O)c1ccc(CNC(=O)[C@@H]2CCCN(c3nc4ccccc4s3)C2)cc1. The highest BCUT2D eigenvalue weighted by atomic mass is 32.1. The van der Waals surface area contributed by atoms with Gasteiger partial charge in [0.15, 0.2) is 5.13 Å². The van der Waals surface area contributed by atoms with Crippen LogP contribution in [0.1, 0.15) is 28.8 Å². The molecule has 0 aliphatic carbocycles. The molecule has 6 nitrogen and oxygen atoms in total. The number of benzene rings is 2. The zero-order valence-corrected chi connectivity index (χ0v) is 18.1. The van der Waals surface area contributed by atoms with E-state index in [1.807, 2.05) is 30.3 Å². The summed E-state index contributed by atoms with van der Waals surface area (Å²) in [5, 5.41) is 4.06. The molecule has 1 aromatic heterocycles. The summed E-state index contributed by atoms with van der Waals surface area (Å²) in [4.78, 5) is 33.3. The van der Waals surface area contributed by atoms with E-state index >= 15 is 0 Å². The second-order valence-corrected chi connectivity index (χ2v) is 8.87. The van der Waals surface area contributed by atoms with Crippen LogP contribution in [-0.4, -0.2) is 48.9 Å². The van der Waals surface area contributed by atoms with Crippen LogP contribution in [0.3, 0.4) is 0 Å². The summed E-state index contributed by atoms with van der Waals surface area (Å²) in [5.41, 5.74) is 2.64. The monoisotopic (exact) mass is 422 g/mol. The Hall–Kier alpha value is -2.93. The fourth-order valence-corrected chi connectivity index (χ4v) is 4.72. The van der Waals surface area contributed by atoms with Gasteiger partial charge in [0.25, 0.3) is 5.91 Å². The predicted octanol–water partition coefficient (Wildman–Crippen LogP) is 3.53. The molecule has 1 N–H and O–H groups in total. The minimum atomic E-state index is -0.0413. The summed E-state index contributed by atoms with van der Waals surface area (Å²) >= 11 is 1.69. The van der Waals surface area contributed by atoms with Gasteiger partial charge in [0, 0.05) is 39.3 Å². The first-order valence-corrected chi connectivity index (χ1v) is 11.0. The molecular weight excluding hydrogens is 396 g/mol. The first-order chi connectivity index (χ1) is 14.5. The van der Waals surface area contributed by atoms with E-state index in [9.17, 15) is 9.59 Å². The normalized spacial score (nSPS) is 16.5. The second kappa shape index (κ2) is 8.83. The number of hydrogen-bond donors (Lipinski definition) is 1. The van der Waals surface area contributed by atoms with E-state index < -0.39 is 0 Å². The van der Waals surface area contributed by atoms with E-state index in [4.69, 9.17) is 4.98 Å². The van der Waals surface area contributed by atoms with Gasteiger partial charge in [0.05, 0.1) is 16.1 Å². The molecule has 2 amide bonds. The van der Waals surface area contributed by atoms with Crippen LogP contribution in [0.5, 0.6) is 0 Å². The van der Waals surface area contributed by atoms with E-state index in [0.717, 1.165) is 35.6 Å². The maximum atomic E-state index is 12.8. The highest BCUT2D eigenvalue weighted by Gasteiger charge is 2.27. The average Bonchev–Trinajstić information content (AvgIpc) is 3.22. The minimum absolute atomic E-state index is 0.0252. The standard InChI is InChI=1S/C23H26N4O2S/c1-26(2)22(29)17-11-9-16(10-12-17)14-24-21(28)18-6-5-13-27(15-18)23-25-19-7-3-4-8-20(19)30-23/h3-4,7-12,18H,5-6,13-15H2,1-2H3,(H,24,28)/t18-/m1/s1. The molecule has 4 rings (SSSR count). The van der Waals surface area contributed by atoms with Crippen molar-refractivity contribution >= 4 is 38.5 Å². The van der Waals surface area contributed by atoms with Crippen molar-refractivity contribution in [1.29, 1.82) is 0 Å². The number of nitrogens with zero attached hydrogens (tertiary/aromatic N) is 3. The van der Waals surface area contributed by atoms with Crippen LogP contribution < -0.4 is 10.2 Å². The maximum absolute atomic E-state index is 12.8. The third kappa shape index (κ3) is 4.46. The molecule has 2 heterocycles. The molecule has 7 heteroatoms. The molecule has 1 aliphatic heterocycles. The number of para-hydroxylation sites is 1. The Morgan fingerprint density at radius 2 is 1.93 bits per heavy atom. The molecule has 30 heavy (non-hydrogen) atoms. The minimum Gasteiger partial charge on any atom is -0.352 e. The van der Waals surface area contributed by atoms with Gasteiger partial charge in [-0.2, -0.15) is 0 Å². The number of piperidine rings is 1. The van der Waals surface area contributed by atoms with Crippen molar-refractivity contribution in [3.63, 3.8) is 0 Å². The number of hydrogen-bond acceptors (Lipinski definition) is 5. The van der Waals surface area contributed by atoms with Crippen molar-refractivity contribution in [3.8, 4) is 0 Å². The van der Waals surface area contributed by atoms with Gasteiger partial charge in [-0.15, -0.1) is 0 Å². The molecule has 0 unspecified atom stereocenters. The van der Waals surface area contributed by atoms with Gasteiger partial charge in [0.1, 0.15) is 0 Å². The maximum Gasteiger partial charge on any atom is 0.253 e. The van der Waals surface area contributed by atoms with Crippen LogP contribution in [0.2, 0.25) is 0 Å². The summed E-state index contributed by atoms with van der Waals surface area (Å²) in [7, 11) is 3.47. The summed E-state index contributed by atoms with van der Waals surface area (Å²) in [6, 6.07) is 15.5. The van der Waals surface area contributed by atoms with Crippen LogP contribution in [0.15, 0.2) is 48.5 Å². The Bertz CT molecular complexity index is 1010. The number of rotatable bonds is 5. The lowest BCUT2D eigenvalue weighted by Gasteiger charge is -2.31. The summed E-state index contributed by atoms with van der Waals surface area (Å²) in [6.45, 7) is 2.10. The smallest absolute Gasteiger partial charge is 0.253 e. The molecule has 2 aromatic carbocycles. The van der Waals surface area contributed by atoms with Crippen LogP contribution in [0, 0.1) is 5.92 Å². The molecule has 1 aliphatic rings. The molecule has 0 radical (unpaired) electrons. The molecule has 0 bridgehead atoms. The lowest BCUT2D eigenvalue weighted by Crippen LogP contribution is -2.42. The topological polar surface area (TPSA) is 65.5 Å². The number of thiazole rings is 1. The van der Waals surface area contributed by atoms with Gasteiger partial charge >= 0.3 is 0 Å². The summed E-state index contributed by atoms with van der Waals surface area (Å²) in [5.74, 6) is 0.0114. The zero-order valence-electron chi connectivity index (χ0n) is 17.3. The molecule has 0 spiro atoms. The highest BCUT2D eigenvalue weighted by molar-refractivity contribution is 7.22. The van der Waals surface area contributed by atoms with E-state index in [2.05, 4.69) is 16.3 Å². The van der Waals surface area contributed by atoms with Crippen molar-refractivity contribution < 1.29 is 9.59 Å². The van der Waals surface area contributed by atoms with Crippen LogP contribution >= 0.6 is 11.3 Å². The van der Waals surface area contributed by atoms with Gasteiger partial charge in [-0.3, -0.25) is 9.59 Å². The molecule has 156 valence electrons. The lowest BCUT2D eigenvalue weighted by molar-refractivity contribution is -0.125. The molecule has 1 atom stereocenters. The fourth-order valence-electron chi connectivity index (χ4n) is 3.72. The Balaban J connectivity index is 1.34. The van der Waals surface area contributed by atoms with Gasteiger partial charge in [0.2, 0.25) is 5.91 Å². The lowest BCUT2D eigenvalue weighted by atomic mass is 9.97. The Kier molecular flexibility index (Phi) is 5.99.